The zero-order valence-corrected chi connectivity index (χ0v) is 23.4. The second kappa shape index (κ2) is 12.6. The van der Waals surface area contributed by atoms with Crippen LogP contribution in [0.25, 0.3) is 16.5 Å². The molecule has 244 valence electrons. The van der Waals surface area contributed by atoms with Gasteiger partial charge in [0, 0.05) is 36.8 Å². The topological polar surface area (TPSA) is 114 Å². The van der Waals surface area contributed by atoms with Crippen LogP contribution in [-0.4, -0.2) is 57.6 Å². The van der Waals surface area contributed by atoms with E-state index < -0.39 is 83.9 Å². The molecule has 46 heavy (non-hydrogen) atoms. The summed E-state index contributed by atoms with van der Waals surface area (Å²) in [5.74, 6) is -6.98. The number of fused-ring (bicyclic) bond motifs is 1. The Labute approximate surface area is 252 Å². The maximum atomic E-state index is 14.9. The first-order valence-corrected chi connectivity index (χ1v) is 13.1. The first-order chi connectivity index (χ1) is 21.4. The summed E-state index contributed by atoms with van der Waals surface area (Å²) in [6.45, 7) is -4.42. The molecule has 0 saturated carbocycles. The fraction of sp³-hybridized carbons (Fsp3) is 0.241. The van der Waals surface area contributed by atoms with Gasteiger partial charge in [-0.1, -0.05) is 30.3 Å². The fourth-order valence-corrected chi connectivity index (χ4v) is 4.80. The molecule has 3 aromatic carbocycles. The highest BCUT2D eigenvalue weighted by Gasteiger charge is 2.38. The number of carbonyl (C=O) groups is 2. The minimum atomic E-state index is -5.18. The first-order valence-electron chi connectivity index (χ1n) is 13.1. The van der Waals surface area contributed by atoms with Crippen LogP contribution in [0, 0.1) is 11.6 Å². The predicted molar refractivity (Wildman–Crippen MR) is 148 cm³/mol. The van der Waals surface area contributed by atoms with E-state index in [1.807, 2.05) is 5.32 Å². The molecule has 17 heteroatoms. The summed E-state index contributed by atoms with van der Waals surface area (Å²) >= 11 is 0. The van der Waals surface area contributed by atoms with Crippen molar-refractivity contribution in [3.8, 4) is 5.69 Å². The molecule has 0 fully saturated rings. The SMILES string of the molecule is Cn1ccc(=O)n(-c2cccc3c(C[C@H](NC(=O)c4c(F)cc(N(CC(F)(F)F)CC(F)(F)F)cc4F)C(=O)O)cccc23)c1=O. The summed E-state index contributed by atoms with van der Waals surface area (Å²) in [5.41, 5.74) is -3.49. The summed E-state index contributed by atoms with van der Waals surface area (Å²) in [7, 11) is 1.43. The zero-order chi connectivity index (χ0) is 34.1. The molecule has 0 unspecified atom stereocenters. The van der Waals surface area contributed by atoms with E-state index >= 15 is 0 Å². The van der Waals surface area contributed by atoms with Crippen LogP contribution in [0.15, 0.2) is 70.4 Å². The van der Waals surface area contributed by atoms with Gasteiger partial charge in [-0.3, -0.25) is 9.59 Å². The largest absolute Gasteiger partial charge is 0.480 e. The smallest absolute Gasteiger partial charge is 0.405 e. The monoisotopic (exact) mass is 658 g/mol. The third kappa shape index (κ3) is 7.52. The molecule has 2 N–H and O–H groups in total. The van der Waals surface area contributed by atoms with Gasteiger partial charge in [-0.05, 0) is 29.1 Å². The van der Waals surface area contributed by atoms with Gasteiger partial charge in [-0.25, -0.2) is 22.9 Å². The lowest BCUT2D eigenvalue weighted by Gasteiger charge is -2.27. The van der Waals surface area contributed by atoms with E-state index in [0.29, 0.717) is 10.8 Å². The van der Waals surface area contributed by atoms with E-state index in [9.17, 15) is 59.4 Å². The van der Waals surface area contributed by atoms with Crippen molar-refractivity contribution >= 4 is 28.3 Å². The van der Waals surface area contributed by atoms with Crippen LogP contribution in [0.2, 0.25) is 0 Å². The van der Waals surface area contributed by atoms with Crippen LogP contribution in [0.4, 0.5) is 40.8 Å². The van der Waals surface area contributed by atoms with Gasteiger partial charge in [0.1, 0.15) is 36.3 Å². The number of aryl methyl sites for hydroxylation is 1. The number of nitrogens with zero attached hydrogens (tertiary/aromatic N) is 3. The highest BCUT2D eigenvalue weighted by Crippen LogP contribution is 2.30. The van der Waals surface area contributed by atoms with Gasteiger partial charge in [0.25, 0.3) is 11.5 Å². The van der Waals surface area contributed by atoms with Crippen molar-refractivity contribution in [2.24, 2.45) is 7.05 Å². The third-order valence-electron chi connectivity index (χ3n) is 6.77. The molecule has 0 saturated heterocycles. The van der Waals surface area contributed by atoms with Crippen molar-refractivity contribution in [1.82, 2.24) is 14.5 Å². The lowest BCUT2D eigenvalue weighted by atomic mass is 9.97. The van der Waals surface area contributed by atoms with Crippen molar-refractivity contribution in [2.45, 2.75) is 24.8 Å². The van der Waals surface area contributed by atoms with Crippen LogP contribution in [-0.2, 0) is 18.3 Å². The summed E-state index contributed by atoms with van der Waals surface area (Å²) < 4.78 is 109. The van der Waals surface area contributed by atoms with E-state index in [0.717, 1.165) is 15.2 Å². The lowest BCUT2D eigenvalue weighted by Crippen LogP contribution is -2.43. The molecule has 0 bridgehead atoms. The number of hydrogen-bond donors (Lipinski definition) is 2. The number of halogens is 8. The number of alkyl halides is 6. The van der Waals surface area contributed by atoms with Gasteiger partial charge in [0.2, 0.25) is 0 Å². The number of benzene rings is 3. The Balaban J connectivity index is 1.67. The average molecular weight is 659 g/mol. The van der Waals surface area contributed by atoms with Crippen LogP contribution >= 0.6 is 0 Å². The quantitative estimate of drug-likeness (QED) is 0.259. The molecule has 4 rings (SSSR count). The van der Waals surface area contributed by atoms with Crippen molar-refractivity contribution in [3.63, 3.8) is 0 Å². The Morgan fingerprint density at radius 1 is 0.891 bits per heavy atom. The summed E-state index contributed by atoms with van der Waals surface area (Å²) in [6.07, 6.45) is -9.58. The molecule has 1 heterocycles. The summed E-state index contributed by atoms with van der Waals surface area (Å²) in [4.78, 5) is 49.8. The fourth-order valence-electron chi connectivity index (χ4n) is 4.80. The number of carbonyl (C=O) groups excluding carboxylic acids is 1. The Kier molecular flexibility index (Phi) is 9.26. The van der Waals surface area contributed by atoms with Gasteiger partial charge in [-0.15, -0.1) is 0 Å². The Hall–Kier alpha value is -5.22. The maximum Gasteiger partial charge on any atom is 0.405 e. The predicted octanol–water partition coefficient (Wildman–Crippen LogP) is 4.32. The van der Waals surface area contributed by atoms with Crippen LogP contribution < -0.4 is 21.5 Å². The number of nitrogens with one attached hydrogen (secondary N) is 1. The van der Waals surface area contributed by atoms with Gasteiger partial charge >= 0.3 is 24.0 Å². The average Bonchev–Trinajstić information content (AvgIpc) is 2.93. The number of carboxylic acid groups (broad SMARTS) is 1. The molecule has 0 aliphatic heterocycles. The Morgan fingerprint density at radius 2 is 1.46 bits per heavy atom. The molecule has 0 radical (unpaired) electrons. The van der Waals surface area contributed by atoms with Gasteiger partial charge in [0.05, 0.1) is 5.69 Å². The second-order valence-corrected chi connectivity index (χ2v) is 10.1. The molecule has 0 aliphatic carbocycles. The lowest BCUT2D eigenvalue weighted by molar-refractivity contribution is -0.139. The van der Waals surface area contributed by atoms with Crippen LogP contribution in [0.5, 0.6) is 0 Å². The highest BCUT2D eigenvalue weighted by molar-refractivity contribution is 5.98. The molecule has 0 aliphatic rings. The molecule has 9 nitrogen and oxygen atoms in total. The van der Waals surface area contributed by atoms with Crippen LogP contribution in [0.3, 0.4) is 0 Å². The van der Waals surface area contributed by atoms with E-state index in [1.54, 1.807) is 12.1 Å². The van der Waals surface area contributed by atoms with E-state index in [4.69, 9.17) is 0 Å². The molecular weight excluding hydrogens is 636 g/mol. The van der Waals surface area contributed by atoms with Gasteiger partial charge in [-0.2, -0.15) is 26.3 Å². The van der Waals surface area contributed by atoms with Gasteiger partial charge < -0.3 is 19.9 Å². The van der Waals surface area contributed by atoms with E-state index in [1.165, 1.54) is 37.5 Å². The molecule has 1 amide bonds. The molecule has 0 spiro atoms. The van der Waals surface area contributed by atoms with Crippen molar-refractivity contribution in [3.05, 3.63) is 104 Å². The number of hydrogen-bond acceptors (Lipinski definition) is 5. The molecule has 1 atom stereocenters. The van der Waals surface area contributed by atoms with Crippen LogP contribution in [0.1, 0.15) is 15.9 Å². The number of anilines is 1. The first kappa shape index (κ1) is 33.7. The molecule has 4 aromatic rings. The number of aromatic nitrogens is 2. The summed E-state index contributed by atoms with van der Waals surface area (Å²) in [5, 5.41) is 12.4. The Bertz CT molecular complexity index is 1900. The van der Waals surface area contributed by atoms with Crippen molar-refractivity contribution in [2.75, 3.05) is 18.0 Å². The third-order valence-corrected chi connectivity index (χ3v) is 6.77. The van der Waals surface area contributed by atoms with Crippen molar-refractivity contribution in [1.29, 1.82) is 0 Å². The van der Waals surface area contributed by atoms with E-state index in [-0.39, 0.29) is 28.3 Å². The van der Waals surface area contributed by atoms with E-state index in [2.05, 4.69) is 0 Å². The minimum Gasteiger partial charge on any atom is -0.480 e. The Morgan fingerprint density at radius 3 is 2.02 bits per heavy atom. The zero-order valence-electron chi connectivity index (χ0n) is 23.4. The number of carboxylic acids is 1. The maximum absolute atomic E-state index is 14.9. The standard InChI is InChI=1S/C29H22F8N4O5/c1-39-9-8-23(42)41(27(39)46)22-7-3-5-17-15(4-2-6-18(17)22)10-21(26(44)45)38-25(43)24-19(30)11-16(12-20(24)31)40(13-28(32,33)34)14-29(35,36)37/h2-9,11-12,21H,10,13-14H2,1H3,(H,38,43)(H,44,45)/t21-/m0/s1. The number of rotatable bonds is 9. The second-order valence-electron chi connectivity index (χ2n) is 10.1. The number of amides is 1. The summed E-state index contributed by atoms with van der Waals surface area (Å²) in [6, 6.07) is 8.52. The minimum absolute atomic E-state index is 0.104. The van der Waals surface area contributed by atoms with Crippen molar-refractivity contribution < 1.29 is 49.8 Å². The van der Waals surface area contributed by atoms with Gasteiger partial charge in [0.15, 0.2) is 0 Å². The highest BCUT2D eigenvalue weighted by atomic mass is 19.4. The normalized spacial score (nSPS) is 12.6. The molecule has 1 aromatic heterocycles. The number of aliphatic carboxylic acids is 1. The molecular formula is C29H22F8N4O5.